The van der Waals surface area contributed by atoms with Crippen LogP contribution in [0.5, 0.6) is 11.5 Å². The van der Waals surface area contributed by atoms with Crippen LogP contribution in [0.4, 0.5) is 5.69 Å². The van der Waals surface area contributed by atoms with E-state index in [1.807, 2.05) is 0 Å². The molecule has 1 atom stereocenters. The molecule has 172 valence electrons. The van der Waals surface area contributed by atoms with Gasteiger partial charge in [-0.25, -0.2) is 0 Å². The van der Waals surface area contributed by atoms with Gasteiger partial charge in [0.2, 0.25) is 5.91 Å². The fraction of sp³-hybridized carbons (Fsp3) is 0.320. The van der Waals surface area contributed by atoms with Crippen LogP contribution in [0, 0.1) is 0 Å². The average molecular weight is 450 g/mol. The number of hydrogen-bond acceptors (Lipinski definition) is 6. The fourth-order valence-corrected chi connectivity index (χ4v) is 4.18. The molecule has 8 nitrogen and oxygen atoms in total. The number of pyridine rings is 1. The van der Waals surface area contributed by atoms with Crippen molar-refractivity contribution in [1.29, 1.82) is 0 Å². The maximum absolute atomic E-state index is 13.7. The van der Waals surface area contributed by atoms with Gasteiger partial charge in [0.25, 0.3) is 5.91 Å². The van der Waals surface area contributed by atoms with E-state index >= 15 is 0 Å². The Hall–Kier alpha value is -3.81. The van der Waals surface area contributed by atoms with Crippen molar-refractivity contribution in [3.05, 3.63) is 72.4 Å². The van der Waals surface area contributed by atoms with Gasteiger partial charge in [-0.15, -0.1) is 0 Å². The Balaban J connectivity index is 1.82. The lowest BCUT2D eigenvalue weighted by atomic mass is 10.0. The van der Waals surface area contributed by atoms with Crippen molar-refractivity contribution >= 4 is 17.5 Å². The molecule has 1 N–H and O–H groups in total. The van der Waals surface area contributed by atoms with E-state index in [-0.39, 0.29) is 17.7 Å². The van der Waals surface area contributed by atoms with Crippen LogP contribution in [0.15, 0.2) is 65.5 Å². The Morgan fingerprint density at radius 3 is 2.52 bits per heavy atom. The number of methoxy groups -OCH3 is 2. The molecule has 0 bridgehead atoms. The van der Waals surface area contributed by atoms with Crippen molar-refractivity contribution in [1.82, 2.24) is 10.3 Å². The summed E-state index contributed by atoms with van der Waals surface area (Å²) < 4.78 is 16.2. The highest BCUT2D eigenvalue weighted by atomic mass is 16.5. The molecule has 1 fully saturated rings. The first-order valence-electron chi connectivity index (χ1n) is 10.9. The predicted molar refractivity (Wildman–Crippen MR) is 122 cm³/mol. The molecule has 1 aromatic carbocycles. The number of furan rings is 1. The number of rotatable bonds is 8. The van der Waals surface area contributed by atoms with E-state index in [1.165, 1.54) is 25.4 Å². The number of carbonyl (C=O) groups excluding carboxylic acids is 2. The summed E-state index contributed by atoms with van der Waals surface area (Å²) >= 11 is 0. The van der Waals surface area contributed by atoms with Crippen LogP contribution in [0.1, 0.15) is 47.8 Å². The van der Waals surface area contributed by atoms with Gasteiger partial charge in [0.15, 0.2) is 17.3 Å². The van der Waals surface area contributed by atoms with Crippen LogP contribution in [-0.2, 0) is 4.79 Å². The molecule has 2 heterocycles. The third-order valence-corrected chi connectivity index (χ3v) is 5.80. The number of ether oxygens (including phenoxy) is 2. The molecular weight excluding hydrogens is 422 g/mol. The number of anilines is 1. The van der Waals surface area contributed by atoms with Gasteiger partial charge in [0.05, 0.1) is 20.5 Å². The highest BCUT2D eigenvalue weighted by molar-refractivity contribution is 6.08. The number of carbonyl (C=O) groups is 2. The summed E-state index contributed by atoms with van der Waals surface area (Å²) in [5, 5.41) is 3.13. The van der Waals surface area contributed by atoms with E-state index in [0.29, 0.717) is 22.7 Å². The third-order valence-electron chi connectivity index (χ3n) is 5.80. The second-order valence-electron chi connectivity index (χ2n) is 7.87. The van der Waals surface area contributed by atoms with Gasteiger partial charge in [0, 0.05) is 35.8 Å². The molecule has 4 rings (SSSR count). The molecule has 1 saturated carbocycles. The highest BCUT2D eigenvalue weighted by Gasteiger charge is 2.36. The molecule has 1 aliphatic carbocycles. The zero-order chi connectivity index (χ0) is 23.2. The van der Waals surface area contributed by atoms with Gasteiger partial charge < -0.3 is 19.2 Å². The molecule has 1 aliphatic rings. The molecule has 3 aromatic rings. The van der Waals surface area contributed by atoms with Crippen molar-refractivity contribution in [3.8, 4) is 11.5 Å². The van der Waals surface area contributed by atoms with E-state index in [1.54, 1.807) is 54.9 Å². The maximum Gasteiger partial charge on any atom is 0.294 e. The molecular formula is C25H27N3O5. The second kappa shape index (κ2) is 10.2. The molecule has 2 amide bonds. The molecule has 2 aromatic heterocycles. The van der Waals surface area contributed by atoms with Crippen LogP contribution in [0.2, 0.25) is 0 Å². The lowest BCUT2D eigenvalue weighted by molar-refractivity contribution is -0.123. The number of amides is 2. The monoisotopic (exact) mass is 449 g/mol. The summed E-state index contributed by atoms with van der Waals surface area (Å²) in [5.74, 6) is 0.341. The first kappa shape index (κ1) is 22.4. The molecule has 0 unspecified atom stereocenters. The summed E-state index contributed by atoms with van der Waals surface area (Å²) in [6.07, 6.45) is 8.66. The Morgan fingerprint density at radius 2 is 1.88 bits per heavy atom. The van der Waals surface area contributed by atoms with Crippen molar-refractivity contribution in [2.45, 2.75) is 37.8 Å². The van der Waals surface area contributed by atoms with E-state index < -0.39 is 11.9 Å². The predicted octanol–water partition coefficient (Wildman–Crippen LogP) is 4.14. The molecule has 0 spiro atoms. The molecule has 33 heavy (non-hydrogen) atoms. The standard InChI is InChI=1S/C25H27N3O5/c1-31-20-12-11-19(15-22(20)32-2)28(25(30)21-10-6-14-33-21)23(17-7-5-13-26-16-17)24(29)27-18-8-3-4-9-18/h5-7,10-16,18,23H,3-4,8-9H2,1-2H3,(H,27,29)/t23-/m1/s1. The van der Waals surface area contributed by atoms with Crippen LogP contribution in [0.3, 0.4) is 0 Å². The first-order valence-corrected chi connectivity index (χ1v) is 10.9. The average Bonchev–Trinajstić information content (AvgIpc) is 3.57. The van der Waals surface area contributed by atoms with Crippen LogP contribution < -0.4 is 19.7 Å². The van der Waals surface area contributed by atoms with Gasteiger partial charge in [0.1, 0.15) is 6.04 Å². The number of aromatic nitrogens is 1. The quantitative estimate of drug-likeness (QED) is 0.556. The zero-order valence-corrected chi connectivity index (χ0v) is 18.7. The lowest BCUT2D eigenvalue weighted by Crippen LogP contribution is -2.46. The summed E-state index contributed by atoms with van der Waals surface area (Å²) in [5.41, 5.74) is 1.05. The second-order valence-corrected chi connectivity index (χ2v) is 7.87. The minimum atomic E-state index is -0.963. The van der Waals surface area contributed by atoms with Crippen molar-refractivity contribution in [3.63, 3.8) is 0 Å². The largest absolute Gasteiger partial charge is 0.493 e. The number of benzene rings is 1. The van der Waals surface area contributed by atoms with Crippen molar-refractivity contribution in [2.24, 2.45) is 0 Å². The van der Waals surface area contributed by atoms with Crippen molar-refractivity contribution < 1.29 is 23.5 Å². The summed E-state index contributed by atoms with van der Waals surface area (Å²) in [6.45, 7) is 0. The summed E-state index contributed by atoms with van der Waals surface area (Å²) in [4.78, 5) is 32.9. The number of nitrogens with zero attached hydrogens (tertiary/aromatic N) is 2. The normalized spacial score (nSPS) is 14.5. The van der Waals surface area contributed by atoms with Crippen molar-refractivity contribution in [2.75, 3.05) is 19.1 Å². The van der Waals surface area contributed by atoms with Gasteiger partial charge in [-0.1, -0.05) is 18.9 Å². The topological polar surface area (TPSA) is 93.9 Å². The Labute approximate surface area is 192 Å². The van der Waals surface area contributed by atoms with Crippen LogP contribution in [0.25, 0.3) is 0 Å². The SMILES string of the molecule is COc1ccc(N(C(=O)c2ccco2)[C@@H](C(=O)NC2CCCC2)c2cccnc2)cc1OC. The minimum Gasteiger partial charge on any atom is -0.493 e. The minimum absolute atomic E-state index is 0.0858. The fourth-order valence-electron chi connectivity index (χ4n) is 4.18. The first-order chi connectivity index (χ1) is 16.1. The number of nitrogens with one attached hydrogen (secondary N) is 1. The van der Waals surface area contributed by atoms with Gasteiger partial charge in [-0.2, -0.15) is 0 Å². The number of hydrogen-bond donors (Lipinski definition) is 1. The van der Waals surface area contributed by atoms with E-state index in [4.69, 9.17) is 13.9 Å². The third kappa shape index (κ3) is 4.84. The Morgan fingerprint density at radius 1 is 1.09 bits per heavy atom. The molecule has 0 saturated heterocycles. The zero-order valence-electron chi connectivity index (χ0n) is 18.7. The lowest BCUT2D eigenvalue weighted by Gasteiger charge is -2.32. The van der Waals surface area contributed by atoms with Crippen LogP contribution >= 0.6 is 0 Å². The summed E-state index contributed by atoms with van der Waals surface area (Å²) in [6, 6.07) is 11.0. The Bertz CT molecular complexity index is 1080. The maximum atomic E-state index is 13.7. The van der Waals surface area contributed by atoms with E-state index in [2.05, 4.69) is 10.3 Å². The summed E-state index contributed by atoms with van der Waals surface area (Å²) in [7, 11) is 3.06. The highest BCUT2D eigenvalue weighted by Crippen LogP contribution is 2.36. The molecule has 8 heteroatoms. The molecule has 0 aliphatic heterocycles. The van der Waals surface area contributed by atoms with Gasteiger partial charge in [-0.05, 0) is 43.2 Å². The van der Waals surface area contributed by atoms with Gasteiger partial charge in [-0.3, -0.25) is 19.5 Å². The smallest absolute Gasteiger partial charge is 0.294 e. The molecule has 0 radical (unpaired) electrons. The van der Waals surface area contributed by atoms with Crippen LogP contribution in [-0.4, -0.2) is 37.1 Å². The Kier molecular flexibility index (Phi) is 6.92. The van der Waals surface area contributed by atoms with E-state index in [9.17, 15) is 9.59 Å². The van der Waals surface area contributed by atoms with Gasteiger partial charge >= 0.3 is 0 Å². The van der Waals surface area contributed by atoms with E-state index in [0.717, 1.165) is 25.7 Å².